The van der Waals surface area contributed by atoms with Crippen molar-refractivity contribution in [2.75, 3.05) is 42.7 Å². The number of carbonyl (C=O) groups is 3. The molecule has 1 fully saturated rings. The highest BCUT2D eigenvalue weighted by Crippen LogP contribution is 2.21. The summed E-state index contributed by atoms with van der Waals surface area (Å²) in [5.41, 5.74) is 2.87. The molecule has 31 heavy (non-hydrogen) atoms. The number of rotatable bonds is 8. The average molecular weight is 423 g/mol. The molecular formula is C24H30N4O3. The van der Waals surface area contributed by atoms with E-state index in [9.17, 15) is 14.4 Å². The van der Waals surface area contributed by atoms with Gasteiger partial charge < -0.3 is 20.4 Å². The molecule has 0 saturated carbocycles. The van der Waals surface area contributed by atoms with E-state index in [0.717, 1.165) is 18.5 Å². The van der Waals surface area contributed by atoms with Crippen molar-refractivity contribution in [3.05, 3.63) is 54.1 Å². The Morgan fingerprint density at radius 2 is 1.61 bits per heavy atom. The Bertz CT molecular complexity index is 923. The number of benzene rings is 2. The van der Waals surface area contributed by atoms with Gasteiger partial charge in [-0.25, -0.2) is 0 Å². The van der Waals surface area contributed by atoms with Crippen molar-refractivity contribution in [1.29, 1.82) is 0 Å². The molecule has 2 aromatic carbocycles. The van der Waals surface area contributed by atoms with E-state index in [1.165, 1.54) is 0 Å². The summed E-state index contributed by atoms with van der Waals surface area (Å²) in [5.74, 6) is -0.675. The SMILES string of the molecule is CCCCN1C[C@H](C(=O)Nc2ccc(C(=O)Nc3ccc(N(C)C)cc3)cc2)CC1=O. The monoisotopic (exact) mass is 422 g/mol. The molecule has 1 aliphatic heterocycles. The topological polar surface area (TPSA) is 81.8 Å². The fourth-order valence-corrected chi connectivity index (χ4v) is 3.51. The zero-order valence-corrected chi connectivity index (χ0v) is 18.4. The van der Waals surface area contributed by atoms with Gasteiger partial charge in [-0.1, -0.05) is 13.3 Å². The van der Waals surface area contributed by atoms with E-state index in [4.69, 9.17) is 0 Å². The molecule has 0 bridgehead atoms. The molecule has 164 valence electrons. The molecule has 2 N–H and O–H groups in total. The van der Waals surface area contributed by atoms with Crippen LogP contribution in [-0.4, -0.2) is 49.8 Å². The van der Waals surface area contributed by atoms with Crippen molar-refractivity contribution in [3.63, 3.8) is 0 Å². The van der Waals surface area contributed by atoms with Crippen LogP contribution in [0.3, 0.4) is 0 Å². The largest absolute Gasteiger partial charge is 0.378 e. The number of nitrogens with one attached hydrogen (secondary N) is 2. The second-order valence-corrected chi connectivity index (χ2v) is 8.06. The Morgan fingerprint density at radius 1 is 1.00 bits per heavy atom. The predicted molar refractivity (Wildman–Crippen MR) is 123 cm³/mol. The third kappa shape index (κ3) is 5.84. The molecule has 1 atom stereocenters. The summed E-state index contributed by atoms with van der Waals surface area (Å²) in [5, 5.41) is 5.73. The molecule has 0 aliphatic carbocycles. The number of nitrogens with zero attached hydrogens (tertiary/aromatic N) is 2. The van der Waals surface area contributed by atoms with E-state index < -0.39 is 0 Å². The van der Waals surface area contributed by atoms with Gasteiger partial charge in [-0.05, 0) is 55.0 Å². The van der Waals surface area contributed by atoms with Crippen LogP contribution >= 0.6 is 0 Å². The molecule has 0 spiro atoms. The third-order valence-corrected chi connectivity index (χ3v) is 5.42. The van der Waals surface area contributed by atoms with Gasteiger partial charge in [-0.15, -0.1) is 0 Å². The highest BCUT2D eigenvalue weighted by molar-refractivity contribution is 6.05. The van der Waals surface area contributed by atoms with Crippen molar-refractivity contribution >= 4 is 34.8 Å². The van der Waals surface area contributed by atoms with Crippen LogP contribution in [0.5, 0.6) is 0 Å². The van der Waals surface area contributed by atoms with Crippen molar-refractivity contribution in [2.45, 2.75) is 26.2 Å². The minimum atomic E-state index is -0.336. The Morgan fingerprint density at radius 3 is 2.23 bits per heavy atom. The summed E-state index contributed by atoms with van der Waals surface area (Å²) in [6.07, 6.45) is 2.22. The first-order chi connectivity index (χ1) is 14.9. The minimum Gasteiger partial charge on any atom is -0.378 e. The van der Waals surface area contributed by atoms with E-state index in [1.54, 1.807) is 29.2 Å². The predicted octanol–water partition coefficient (Wildman–Crippen LogP) is 3.59. The fraction of sp³-hybridized carbons (Fsp3) is 0.375. The van der Waals surface area contributed by atoms with Crippen LogP contribution in [0.15, 0.2) is 48.5 Å². The Hall–Kier alpha value is -3.35. The van der Waals surface area contributed by atoms with E-state index in [1.807, 2.05) is 43.3 Å². The van der Waals surface area contributed by atoms with Crippen LogP contribution in [0.4, 0.5) is 17.1 Å². The Balaban J connectivity index is 1.54. The molecule has 0 radical (unpaired) electrons. The van der Waals surface area contributed by atoms with Crippen LogP contribution in [0.2, 0.25) is 0 Å². The summed E-state index contributed by atoms with van der Waals surface area (Å²) in [4.78, 5) is 40.9. The zero-order valence-electron chi connectivity index (χ0n) is 18.4. The summed E-state index contributed by atoms with van der Waals surface area (Å²) in [7, 11) is 3.92. The lowest BCUT2D eigenvalue weighted by Gasteiger charge is -2.16. The van der Waals surface area contributed by atoms with E-state index in [-0.39, 0.29) is 30.1 Å². The highest BCUT2D eigenvalue weighted by Gasteiger charge is 2.33. The number of unbranched alkanes of at least 4 members (excludes halogenated alkanes) is 1. The number of hydrogen-bond donors (Lipinski definition) is 2. The standard InChI is InChI=1S/C24H30N4O3/c1-4-5-14-28-16-18(15-22(28)29)24(31)26-19-8-6-17(7-9-19)23(30)25-20-10-12-21(13-11-20)27(2)3/h6-13,18H,4-5,14-16H2,1-3H3,(H,25,30)(H,26,31)/t18-/m1/s1. The molecule has 0 unspecified atom stereocenters. The quantitative estimate of drug-likeness (QED) is 0.681. The third-order valence-electron chi connectivity index (χ3n) is 5.42. The van der Waals surface area contributed by atoms with Crippen molar-refractivity contribution in [3.8, 4) is 0 Å². The molecule has 1 saturated heterocycles. The van der Waals surface area contributed by atoms with Gasteiger partial charge in [0.1, 0.15) is 0 Å². The molecular weight excluding hydrogens is 392 g/mol. The maximum Gasteiger partial charge on any atom is 0.255 e. The van der Waals surface area contributed by atoms with Gasteiger partial charge >= 0.3 is 0 Å². The number of amides is 3. The van der Waals surface area contributed by atoms with Crippen LogP contribution in [0.25, 0.3) is 0 Å². The lowest BCUT2D eigenvalue weighted by atomic mass is 10.1. The fourth-order valence-electron chi connectivity index (χ4n) is 3.51. The van der Waals surface area contributed by atoms with Crippen molar-refractivity contribution < 1.29 is 14.4 Å². The van der Waals surface area contributed by atoms with Crippen LogP contribution in [0, 0.1) is 5.92 Å². The maximum atomic E-state index is 12.5. The molecule has 0 aromatic heterocycles. The first kappa shape index (κ1) is 22.3. The first-order valence-corrected chi connectivity index (χ1v) is 10.6. The normalized spacial score (nSPS) is 15.6. The second-order valence-electron chi connectivity index (χ2n) is 8.06. The molecule has 3 rings (SSSR count). The molecule has 1 aliphatic rings. The second kappa shape index (κ2) is 10.1. The number of anilines is 3. The van der Waals surface area contributed by atoms with Gasteiger partial charge in [-0.2, -0.15) is 0 Å². The van der Waals surface area contributed by atoms with Crippen LogP contribution in [-0.2, 0) is 9.59 Å². The van der Waals surface area contributed by atoms with Gasteiger partial charge in [0.05, 0.1) is 5.92 Å². The van der Waals surface area contributed by atoms with Gasteiger partial charge in [0.2, 0.25) is 11.8 Å². The highest BCUT2D eigenvalue weighted by atomic mass is 16.2. The van der Waals surface area contributed by atoms with E-state index >= 15 is 0 Å². The summed E-state index contributed by atoms with van der Waals surface area (Å²) in [6, 6.07) is 14.3. The van der Waals surface area contributed by atoms with Gasteiger partial charge in [-0.3, -0.25) is 14.4 Å². The molecule has 2 aromatic rings. The van der Waals surface area contributed by atoms with Crippen molar-refractivity contribution in [1.82, 2.24) is 4.90 Å². The number of likely N-dealkylation sites (tertiary alicyclic amines) is 1. The van der Waals surface area contributed by atoms with Gasteiger partial charge in [0.25, 0.3) is 5.91 Å². The number of hydrogen-bond acceptors (Lipinski definition) is 4. The lowest BCUT2D eigenvalue weighted by molar-refractivity contribution is -0.128. The number of carbonyl (C=O) groups excluding carboxylic acids is 3. The van der Waals surface area contributed by atoms with Gasteiger partial charge in [0, 0.05) is 56.2 Å². The summed E-state index contributed by atoms with van der Waals surface area (Å²) in [6.45, 7) is 3.26. The van der Waals surface area contributed by atoms with Gasteiger partial charge in [0.15, 0.2) is 0 Å². The first-order valence-electron chi connectivity index (χ1n) is 10.6. The molecule has 7 nitrogen and oxygen atoms in total. The summed E-state index contributed by atoms with van der Waals surface area (Å²) >= 11 is 0. The molecule has 7 heteroatoms. The smallest absolute Gasteiger partial charge is 0.255 e. The zero-order chi connectivity index (χ0) is 22.4. The minimum absolute atomic E-state index is 0.0410. The van der Waals surface area contributed by atoms with E-state index in [2.05, 4.69) is 17.6 Å². The average Bonchev–Trinajstić information content (AvgIpc) is 3.13. The Labute approximate surface area is 183 Å². The summed E-state index contributed by atoms with van der Waals surface area (Å²) < 4.78 is 0. The molecule has 1 heterocycles. The van der Waals surface area contributed by atoms with Crippen molar-refractivity contribution in [2.24, 2.45) is 5.92 Å². The van der Waals surface area contributed by atoms with Crippen LogP contribution < -0.4 is 15.5 Å². The van der Waals surface area contributed by atoms with E-state index in [0.29, 0.717) is 30.0 Å². The lowest BCUT2D eigenvalue weighted by Crippen LogP contribution is -2.29. The maximum absolute atomic E-state index is 12.5. The Kier molecular flexibility index (Phi) is 7.28. The van der Waals surface area contributed by atoms with Crippen LogP contribution in [0.1, 0.15) is 36.5 Å². The molecule has 3 amide bonds.